The summed E-state index contributed by atoms with van der Waals surface area (Å²) >= 11 is 1.22. The van der Waals surface area contributed by atoms with Crippen molar-refractivity contribution in [2.45, 2.75) is 0 Å². The number of aromatic hydroxyl groups is 1. The summed E-state index contributed by atoms with van der Waals surface area (Å²) in [5.74, 6) is -0.166. The van der Waals surface area contributed by atoms with Crippen molar-refractivity contribution < 1.29 is 10.0 Å². The van der Waals surface area contributed by atoms with Crippen LogP contribution in [0.15, 0.2) is 47.3 Å². The van der Waals surface area contributed by atoms with E-state index in [0.717, 1.165) is 4.70 Å². The molecule has 3 aromatic rings. The summed E-state index contributed by atoms with van der Waals surface area (Å²) in [6.07, 6.45) is 0. The second kappa shape index (κ2) is 5.41. The fourth-order valence-corrected chi connectivity index (χ4v) is 2.83. The number of phenols is 1. The monoisotopic (exact) mass is 315 g/mol. The highest BCUT2D eigenvalue weighted by Gasteiger charge is 2.12. The number of hydrogen-bond acceptors (Lipinski definition) is 7. The summed E-state index contributed by atoms with van der Waals surface area (Å²) in [5, 5.41) is 24.1. The number of hydrogen-bond donors (Lipinski definition) is 2. The fourth-order valence-electron chi connectivity index (χ4n) is 1.92. The lowest BCUT2D eigenvalue weighted by Gasteiger charge is -2.07. The standard InChI is InChI=1S/C14H9N3O4S/c18-11-6-5-8(17(20)21)7-10(11)15-14-16-13(19)9-3-1-2-4-12(9)22-14/h1-7,18H,(H,15,16,19). The molecule has 0 saturated carbocycles. The molecule has 0 radical (unpaired) electrons. The zero-order chi connectivity index (χ0) is 15.7. The number of benzene rings is 2. The van der Waals surface area contributed by atoms with Crippen molar-refractivity contribution in [1.29, 1.82) is 0 Å². The normalized spacial score (nSPS) is 10.5. The van der Waals surface area contributed by atoms with Gasteiger partial charge in [0, 0.05) is 16.8 Å². The molecule has 0 aliphatic heterocycles. The minimum absolute atomic E-state index is 0.118. The number of nitro benzene ring substituents is 1. The van der Waals surface area contributed by atoms with Gasteiger partial charge in [-0.15, -0.1) is 0 Å². The SMILES string of the molecule is O=c1nc(Nc2cc([N+](=O)[O-])ccc2O)sc2ccccc12. The average molecular weight is 315 g/mol. The molecule has 1 heterocycles. The molecule has 8 heteroatoms. The third kappa shape index (κ3) is 2.59. The fraction of sp³-hybridized carbons (Fsp3) is 0. The minimum Gasteiger partial charge on any atom is -0.506 e. The van der Waals surface area contributed by atoms with E-state index in [1.807, 2.05) is 0 Å². The molecule has 2 N–H and O–H groups in total. The first-order valence-electron chi connectivity index (χ1n) is 6.19. The summed E-state index contributed by atoms with van der Waals surface area (Å²) < 4.78 is 0.731. The van der Waals surface area contributed by atoms with Gasteiger partial charge in [0.1, 0.15) is 5.75 Å². The van der Waals surface area contributed by atoms with Crippen LogP contribution in [0.25, 0.3) is 10.1 Å². The Hall–Kier alpha value is -3.00. The molecule has 1 aromatic heterocycles. The van der Waals surface area contributed by atoms with Gasteiger partial charge in [0.05, 0.1) is 16.0 Å². The van der Waals surface area contributed by atoms with Gasteiger partial charge in [-0.25, -0.2) is 0 Å². The Balaban J connectivity index is 2.05. The van der Waals surface area contributed by atoms with Gasteiger partial charge in [0.2, 0.25) is 0 Å². The minimum atomic E-state index is -0.569. The molecule has 0 fully saturated rings. The molecular weight excluding hydrogens is 306 g/mol. The van der Waals surface area contributed by atoms with E-state index in [1.54, 1.807) is 24.3 Å². The average Bonchev–Trinajstić information content (AvgIpc) is 2.49. The highest BCUT2D eigenvalue weighted by Crippen LogP contribution is 2.31. The van der Waals surface area contributed by atoms with Gasteiger partial charge in [-0.1, -0.05) is 23.5 Å². The molecule has 0 amide bonds. The lowest BCUT2D eigenvalue weighted by atomic mass is 10.2. The zero-order valence-corrected chi connectivity index (χ0v) is 11.8. The molecule has 0 aliphatic rings. The Bertz CT molecular complexity index is 939. The molecule has 0 saturated heterocycles. The molecule has 0 unspecified atom stereocenters. The lowest BCUT2D eigenvalue weighted by molar-refractivity contribution is -0.384. The van der Waals surface area contributed by atoms with Gasteiger partial charge in [0.25, 0.3) is 11.2 Å². The Morgan fingerprint density at radius 1 is 1.23 bits per heavy atom. The Morgan fingerprint density at radius 2 is 2.00 bits per heavy atom. The van der Waals surface area contributed by atoms with Crippen molar-refractivity contribution in [2.75, 3.05) is 5.32 Å². The van der Waals surface area contributed by atoms with E-state index in [2.05, 4.69) is 10.3 Å². The van der Waals surface area contributed by atoms with Crippen molar-refractivity contribution >= 4 is 37.9 Å². The largest absolute Gasteiger partial charge is 0.506 e. The van der Waals surface area contributed by atoms with Crippen molar-refractivity contribution in [3.8, 4) is 5.75 Å². The van der Waals surface area contributed by atoms with Gasteiger partial charge < -0.3 is 10.4 Å². The van der Waals surface area contributed by atoms with Crippen LogP contribution in [0.2, 0.25) is 0 Å². The topological polar surface area (TPSA) is 105 Å². The highest BCUT2D eigenvalue weighted by molar-refractivity contribution is 7.21. The van der Waals surface area contributed by atoms with Crippen molar-refractivity contribution in [3.05, 3.63) is 62.9 Å². The highest BCUT2D eigenvalue weighted by atomic mass is 32.1. The summed E-state index contributed by atoms with van der Waals surface area (Å²) in [7, 11) is 0. The third-order valence-corrected chi connectivity index (χ3v) is 3.92. The van der Waals surface area contributed by atoms with Crippen LogP contribution in [0.1, 0.15) is 0 Å². The van der Waals surface area contributed by atoms with Gasteiger partial charge in [-0.3, -0.25) is 14.9 Å². The van der Waals surface area contributed by atoms with Gasteiger partial charge in [-0.05, 0) is 18.2 Å². The number of rotatable bonds is 3. The summed E-state index contributed by atoms with van der Waals surface area (Å²) in [4.78, 5) is 26.0. The second-order valence-corrected chi connectivity index (χ2v) is 5.43. The van der Waals surface area contributed by atoms with E-state index in [4.69, 9.17) is 0 Å². The van der Waals surface area contributed by atoms with E-state index in [-0.39, 0.29) is 22.3 Å². The third-order valence-electron chi connectivity index (χ3n) is 2.96. The molecule has 0 spiro atoms. The number of nitro groups is 1. The van der Waals surface area contributed by atoms with Crippen LogP contribution in [-0.4, -0.2) is 15.0 Å². The Kier molecular flexibility index (Phi) is 3.43. The van der Waals surface area contributed by atoms with Crippen LogP contribution in [0.3, 0.4) is 0 Å². The van der Waals surface area contributed by atoms with Gasteiger partial charge >= 0.3 is 0 Å². The van der Waals surface area contributed by atoms with Crippen LogP contribution in [0, 0.1) is 10.1 Å². The van der Waals surface area contributed by atoms with Crippen LogP contribution < -0.4 is 10.9 Å². The first-order chi connectivity index (χ1) is 10.5. The molecule has 22 heavy (non-hydrogen) atoms. The number of non-ortho nitro benzene ring substituents is 1. The van der Waals surface area contributed by atoms with E-state index < -0.39 is 10.5 Å². The van der Waals surface area contributed by atoms with E-state index in [0.29, 0.717) is 5.39 Å². The van der Waals surface area contributed by atoms with E-state index in [9.17, 15) is 20.0 Å². The number of fused-ring (bicyclic) bond motifs is 1. The Morgan fingerprint density at radius 3 is 2.77 bits per heavy atom. The summed E-state index contributed by atoms with van der Waals surface area (Å²) in [5.41, 5.74) is -0.456. The molecule has 0 atom stereocenters. The number of phenolic OH excluding ortho intramolecular Hbond substituents is 1. The van der Waals surface area contributed by atoms with Crippen LogP contribution in [-0.2, 0) is 0 Å². The zero-order valence-electron chi connectivity index (χ0n) is 11.0. The molecule has 0 bridgehead atoms. The van der Waals surface area contributed by atoms with Crippen molar-refractivity contribution in [3.63, 3.8) is 0 Å². The summed E-state index contributed by atoms with van der Waals surface area (Å²) in [6, 6.07) is 10.6. The Labute approximate surface area is 127 Å². The maximum atomic E-state index is 11.9. The summed E-state index contributed by atoms with van der Waals surface area (Å²) in [6.45, 7) is 0. The lowest BCUT2D eigenvalue weighted by Crippen LogP contribution is -2.07. The smallest absolute Gasteiger partial charge is 0.281 e. The molecule has 3 rings (SSSR count). The van der Waals surface area contributed by atoms with Crippen LogP contribution >= 0.6 is 11.3 Å². The molecule has 7 nitrogen and oxygen atoms in total. The van der Waals surface area contributed by atoms with Gasteiger partial charge in [-0.2, -0.15) is 4.98 Å². The molecular formula is C14H9N3O4S. The maximum absolute atomic E-state index is 11.9. The number of aromatic nitrogens is 1. The first-order valence-corrected chi connectivity index (χ1v) is 7.00. The second-order valence-electron chi connectivity index (χ2n) is 4.40. The predicted molar refractivity (Wildman–Crippen MR) is 83.9 cm³/mol. The van der Waals surface area contributed by atoms with Crippen LogP contribution in [0.5, 0.6) is 5.75 Å². The molecule has 0 aliphatic carbocycles. The number of anilines is 2. The quantitative estimate of drug-likeness (QED) is 0.437. The van der Waals surface area contributed by atoms with Crippen LogP contribution in [0.4, 0.5) is 16.5 Å². The van der Waals surface area contributed by atoms with Crippen molar-refractivity contribution in [2.24, 2.45) is 0 Å². The number of nitrogens with one attached hydrogen (secondary N) is 1. The number of nitrogens with zero attached hydrogens (tertiary/aromatic N) is 2. The van der Waals surface area contributed by atoms with E-state index in [1.165, 1.54) is 29.5 Å². The predicted octanol–water partition coefficient (Wildman–Crippen LogP) is 3.01. The maximum Gasteiger partial charge on any atom is 0.281 e. The molecule has 110 valence electrons. The molecule has 2 aromatic carbocycles. The van der Waals surface area contributed by atoms with Crippen molar-refractivity contribution in [1.82, 2.24) is 4.98 Å². The van der Waals surface area contributed by atoms with E-state index >= 15 is 0 Å². The van der Waals surface area contributed by atoms with Gasteiger partial charge in [0.15, 0.2) is 5.13 Å². The first kappa shape index (κ1) is 14.0.